The quantitative estimate of drug-likeness (QED) is 0.221. The molecule has 1 aliphatic rings. The van der Waals surface area contributed by atoms with Crippen molar-refractivity contribution >= 4 is 34.6 Å². The molecule has 0 spiro atoms. The third kappa shape index (κ3) is 8.63. The molecule has 3 amide bonds. The Morgan fingerprint density at radius 1 is 1.12 bits per heavy atom. The number of hydrogen-bond donors (Lipinski definition) is 5. The summed E-state index contributed by atoms with van der Waals surface area (Å²) in [5.74, 6) is -4.11. The number of hydroxylamine groups is 1. The summed E-state index contributed by atoms with van der Waals surface area (Å²) in [5.41, 5.74) is 4.85. The van der Waals surface area contributed by atoms with Crippen molar-refractivity contribution in [3.05, 3.63) is 71.4 Å². The summed E-state index contributed by atoms with van der Waals surface area (Å²) in [4.78, 5) is 49.9. The van der Waals surface area contributed by atoms with E-state index >= 15 is 0 Å². The minimum atomic E-state index is -5.08. The average molecular weight is 577 g/mol. The second-order valence-corrected chi connectivity index (χ2v) is 9.06. The van der Waals surface area contributed by atoms with E-state index in [9.17, 15) is 27.6 Å². The van der Waals surface area contributed by atoms with Gasteiger partial charge in [0.25, 0.3) is 5.91 Å². The standard InChI is InChI=1S/C25H26N4O5.C2HF3O2/c1-15-12-17(19-4-2-3-5-21(19)27-15)14-34-18-8-6-16(7-9-18)24(31)28-22-13-26-23(30)11-10-20(22)25(32)29-33;3-2(4,5)1(6)7/h2-9,12,20,22,33H,10-11,13-14H2,1H3,(H,26,30)(H,28,31)(H,29,32);(H,6,7)/t20-,22+;/m0./s1. The maximum atomic E-state index is 12.8. The van der Waals surface area contributed by atoms with E-state index in [0.717, 1.165) is 22.2 Å². The van der Waals surface area contributed by atoms with Crippen molar-refractivity contribution in [1.82, 2.24) is 21.1 Å². The highest BCUT2D eigenvalue weighted by atomic mass is 19.4. The van der Waals surface area contributed by atoms with E-state index in [1.807, 2.05) is 37.3 Å². The molecule has 1 aromatic heterocycles. The molecule has 3 aromatic rings. The lowest BCUT2D eigenvalue weighted by Crippen LogP contribution is -2.50. The molecular formula is C27H27F3N4O7. The van der Waals surface area contributed by atoms with E-state index in [0.29, 0.717) is 17.9 Å². The van der Waals surface area contributed by atoms with E-state index < -0.39 is 30.0 Å². The summed E-state index contributed by atoms with van der Waals surface area (Å²) in [7, 11) is 0. The molecule has 4 rings (SSSR count). The number of hydrogen-bond acceptors (Lipinski definition) is 7. The van der Waals surface area contributed by atoms with Gasteiger partial charge in [0.1, 0.15) is 12.4 Å². The first-order chi connectivity index (χ1) is 19.4. The van der Waals surface area contributed by atoms with Gasteiger partial charge in [-0.1, -0.05) is 18.2 Å². The fraction of sp³-hybridized carbons (Fsp3) is 0.296. The number of rotatable bonds is 6. The molecule has 14 heteroatoms. The Hall–Kier alpha value is -4.72. The molecule has 11 nitrogen and oxygen atoms in total. The number of carboxylic acids is 1. The molecule has 0 unspecified atom stereocenters. The number of halogens is 3. The Bertz CT molecular complexity index is 1410. The SMILES string of the molecule is Cc1cc(COc2ccc(C(=O)N[C@@H]3CNC(=O)CC[C@@H]3C(=O)NO)cc2)c2ccccc2n1.O=C(O)C(F)(F)F. The van der Waals surface area contributed by atoms with Crippen LogP contribution in [0.4, 0.5) is 13.2 Å². The van der Waals surface area contributed by atoms with Gasteiger partial charge in [0.05, 0.1) is 17.5 Å². The number of alkyl halides is 3. The second-order valence-electron chi connectivity index (χ2n) is 9.06. The predicted molar refractivity (Wildman–Crippen MR) is 138 cm³/mol. The molecule has 1 fully saturated rings. The number of amides is 3. The van der Waals surface area contributed by atoms with E-state index in [4.69, 9.17) is 19.8 Å². The first kappa shape index (κ1) is 30.8. The molecule has 0 radical (unpaired) electrons. The maximum Gasteiger partial charge on any atom is 0.490 e. The van der Waals surface area contributed by atoms with Gasteiger partial charge >= 0.3 is 12.1 Å². The monoisotopic (exact) mass is 576 g/mol. The molecule has 1 saturated heterocycles. The summed E-state index contributed by atoms with van der Waals surface area (Å²) in [6, 6.07) is 15.9. The van der Waals surface area contributed by atoms with Gasteiger partial charge in [-0.2, -0.15) is 13.2 Å². The number of para-hydroxylation sites is 1. The van der Waals surface area contributed by atoms with Crippen molar-refractivity contribution in [2.45, 2.75) is 38.6 Å². The van der Waals surface area contributed by atoms with Crippen molar-refractivity contribution in [3.63, 3.8) is 0 Å². The van der Waals surface area contributed by atoms with E-state index in [-0.39, 0.29) is 31.2 Å². The van der Waals surface area contributed by atoms with Crippen LogP contribution in [0.3, 0.4) is 0 Å². The fourth-order valence-electron chi connectivity index (χ4n) is 4.12. The number of carboxylic acid groups (broad SMARTS) is 1. The van der Waals surface area contributed by atoms with Gasteiger partial charge in [0.15, 0.2) is 0 Å². The van der Waals surface area contributed by atoms with Crippen molar-refractivity contribution in [3.8, 4) is 5.75 Å². The number of carbonyl (C=O) groups excluding carboxylic acids is 3. The Kier molecular flexibility index (Phi) is 10.2. The lowest BCUT2D eigenvalue weighted by atomic mass is 9.94. The summed E-state index contributed by atoms with van der Waals surface area (Å²) in [5, 5.41) is 22.6. The number of aryl methyl sites for hydroxylation is 1. The Morgan fingerprint density at radius 2 is 1.78 bits per heavy atom. The van der Waals surface area contributed by atoms with Crippen molar-refractivity contribution < 1.29 is 47.4 Å². The van der Waals surface area contributed by atoms with Crippen LogP contribution in [0.25, 0.3) is 10.9 Å². The third-order valence-electron chi connectivity index (χ3n) is 6.13. The number of benzene rings is 2. The number of pyridine rings is 1. The van der Waals surface area contributed by atoms with Gasteiger partial charge in [-0.15, -0.1) is 0 Å². The van der Waals surface area contributed by atoms with Crippen LogP contribution < -0.4 is 20.9 Å². The Balaban J connectivity index is 0.000000587. The van der Waals surface area contributed by atoms with Crippen LogP contribution in [0, 0.1) is 12.8 Å². The molecule has 0 bridgehead atoms. The molecule has 0 aliphatic carbocycles. The number of nitrogens with one attached hydrogen (secondary N) is 3. The van der Waals surface area contributed by atoms with Gasteiger partial charge in [-0.05, 0) is 49.7 Å². The summed E-state index contributed by atoms with van der Waals surface area (Å²) in [6.45, 7) is 2.40. The zero-order valence-corrected chi connectivity index (χ0v) is 21.7. The molecule has 2 atom stereocenters. The van der Waals surface area contributed by atoms with Crippen molar-refractivity contribution in [2.24, 2.45) is 5.92 Å². The van der Waals surface area contributed by atoms with E-state index in [2.05, 4.69) is 15.6 Å². The van der Waals surface area contributed by atoms with E-state index in [1.54, 1.807) is 29.7 Å². The van der Waals surface area contributed by atoms with Gasteiger partial charge in [-0.25, -0.2) is 10.3 Å². The first-order valence-corrected chi connectivity index (χ1v) is 12.3. The zero-order chi connectivity index (χ0) is 30.2. The molecular weight excluding hydrogens is 549 g/mol. The van der Waals surface area contributed by atoms with Gasteiger partial charge < -0.3 is 20.5 Å². The van der Waals surface area contributed by atoms with Gasteiger partial charge in [0, 0.05) is 35.2 Å². The summed E-state index contributed by atoms with van der Waals surface area (Å²) >= 11 is 0. The van der Waals surface area contributed by atoms with Crippen molar-refractivity contribution in [1.29, 1.82) is 0 Å². The Labute approximate surface area is 231 Å². The average Bonchev–Trinajstić information content (AvgIpc) is 3.12. The highest BCUT2D eigenvalue weighted by molar-refractivity contribution is 5.95. The normalized spacial score (nSPS) is 16.9. The number of fused-ring (bicyclic) bond motifs is 1. The largest absolute Gasteiger partial charge is 0.490 e. The molecule has 5 N–H and O–H groups in total. The van der Waals surface area contributed by atoms with Gasteiger partial charge in [0.2, 0.25) is 11.8 Å². The number of aliphatic carboxylic acids is 1. The van der Waals surface area contributed by atoms with Crippen molar-refractivity contribution in [2.75, 3.05) is 6.54 Å². The van der Waals surface area contributed by atoms with Crippen LogP contribution in [-0.2, 0) is 21.0 Å². The lowest BCUT2D eigenvalue weighted by Gasteiger charge is -2.24. The van der Waals surface area contributed by atoms with Crippen LogP contribution >= 0.6 is 0 Å². The van der Waals surface area contributed by atoms with Crippen LogP contribution in [0.2, 0.25) is 0 Å². The summed E-state index contributed by atoms with van der Waals surface area (Å²) in [6.07, 6.45) is -4.72. The van der Waals surface area contributed by atoms with Gasteiger partial charge in [-0.3, -0.25) is 24.6 Å². The molecule has 2 aromatic carbocycles. The number of carbonyl (C=O) groups is 4. The summed E-state index contributed by atoms with van der Waals surface area (Å²) < 4.78 is 37.7. The highest BCUT2D eigenvalue weighted by Crippen LogP contribution is 2.22. The number of ether oxygens (including phenoxy) is 1. The molecule has 1 aliphatic heterocycles. The number of aromatic nitrogens is 1. The van der Waals surface area contributed by atoms with Crippen LogP contribution in [0.5, 0.6) is 5.75 Å². The van der Waals surface area contributed by atoms with Crippen LogP contribution in [0.1, 0.15) is 34.5 Å². The first-order valence-electron chi connectivity index (χ1n) is 12.3. The number of nitrogens with zero attached hydrogens (tertiary/aromatic N) is 1. The third-order valence-corrected chi connectivity index (χ3v) is 6.13. The predicted octanol–water partition coefficient (Wildman–Crippen LogP) is 2.89. The maximum absolute atomic E-state index is 12.8. The highest BCUT2D eigenvalue weighted by Gasteiger charge is 2.38. The van der Waals surface area contributed by atoms with Crippen LogP contribution in [0.15, 0.2) is 54.6 Å². The Morgan fingerprint density at radius 3 is 2.41 bits per heavy atom. The minimum Gasteiger partial charge on any atom is -0.489 e. The molecule has 41 heavy (non-hydrogen) atoms. The fourth-order valence-corrected chi connectivity index (χ4v) is 4.12. The second kappa shape index (κ2) is 13.6. The van der Waals surface area contributed by atoms with E-state index in [1.165, 1.54) is 0 Å². The topological polar surface area (TPSA) is 167 Å². The molecule has 218 valence electrons. The minimum absolute atomic E-state index is 0.100. The molecule has 2 heterocycles. The smallest absolute Gasteiger partial charge is 0.489 e. The lowest BCUT2D eigenvalue weighted by molar-refractivity contribution is -0.192. The zero-order valence-electron chi connectivity index (χ0n) is 21.7. The molecule has 0 saturated carbocycles. The van der Waals surface area contributed by atoms with Crippen LogP contribution in [-0.4, -0.2) is 57.8 Å².